The highest BCUT2D eigenvalue weighted by Gasteiger charge is 2.43. The van der Waals surface area contributed by atoms with E-state index in [1.807, 2.05) is 0 Å². The van der Waals surface area contributed by atoms with Crippen molar-refractivity contribution >= 4 is 17.5 Å². The lowest BCUT2D eigenvalue weighted by molar-refractivity contribution is -0.161. The number of halogens is 2. The van der Waals surface area contributed by atoms with Crippen LogP contribution in [0, 0.1) is 5.82 Å². The van der Waals surface area contributed by atoms with Gasteiger partial charge in [0, 0.05) is 19.4 Å². The highest BCUT2D eigenvalue weighted by molar-refractivity contribution is 6.33. The molecule has 1 saturated carbocycles. The fraction of sp³-hybridized carbons (Fsp3) is 0.533. The molecule has 0 radical (unpaired) electrons. The van der Waals surface area contributed by atoms with Crippen molar-refractivity contribution in [3.8, 4) is 0 Å². The van der Waals surface area contributed by atoms with E-state index in [4.69, 9.17) is 21.1 Å². The van der Waals surface area contributed by atoms with Crippen LogP contribution in [-0.2, 0) is 9.47 Å². The van der Waals surface area contributed by atoms with Gasteiger partial charge in [0.2, 0.25) is 0 Å². The maximum absolute atomic E-state index is 13.6. The highest BCUT2D eigenvalue weighted by Crippen LogP contribution is 2.39. The first-order chi connectivity index (χ1) is 10.1. The topological polar surface area (TPSA) is 47.6 Å². The molecule has 1 aliphatic carbocycles. The predicted molar refractivity (Wildman–Crippen MR) is 75.8 cm³/mol. The standard InChI is InChI=1S/C15H17ClFNO3/c16-11-4-3-5-12(17)13(11)14(19)18-8-10-9-20-15(21-10)6-1-2-7-15/h3-5,10H,1-2,6-9H2,(H,18,19)/t10-/m0/s1. The zero-order valence-electron chi connectivity index (χ0n) is 11.5. The molecule has 1 heterocycles. The van der Waals surface area contributed by atoms with Crippen LogP contribution in [0.2, 0.25) is 5.02 Å². The summed E-state index contributed by atoms with van der Waals surface area (Å²) in [5.74, 6) is -1.62. The Labute approximate surface area is 127 Å². The Morgan fingerprint density at radius 2 is 2.19 bits per heavy atom. The summed E-state index contributed by atoms with van der Waals surface area (Å²) >= 11 is 5.86. The second-order valence-corrected chi connectivity index (χ2v) is 5.88. The van der Waals surface area contributed by atoms with Crippen LogP contribution in [0.4, 0.5) is 4.39 Å². The molecule has 1 aromatic carbocycles. The van der Waals surface area contributed by atoms with Crippen LogP contribution >= 0.6 is 11.6 Å². The smallest absolute Gasteiger partial charge is 0.255 e. The van der Waals surface area contributed by atoms with Gasteiger partial charge in [0.25, 0.3) is 5.91 Å². The van der Waals surface area contributed by atoms with Crippen molar-refractivity contribution in [3.63, 3.8) is 0 Å². The SMILES string of the molecule is O=C(NC[C@H]1COC2(CCCC2)O1)c1c(F)cccc1Cl. The summed E-state index contributed by atoms with van der Waals surface area (Å²) in [4.78, 5) is 12.0. The third-order valence-corrected chi connectivity index (χ3v) is 4.27. The third kappa shape index (κ3) is 3.05. The number of carbonyl (C=O) groups excluding carboxylic acids is 1. The Morgan fingerprint density at radius 1 is 1.43 bits per heavy atom. The lowest BCUT2D eigenvalue weighted by atomic mass is 10.2. The second-order valence-electron chi connectivity index (χ2n) is 5.48. The molecule has 2 aliphatic rings. The van der Waals surface area contributed by atoms with Gasteiger partial charge in [0.05, 0.1) is 17.2 Å². The van der Waals surface area contributed by atoms with Crippen molar-refractivity contribution in [3.05, 3.63) is 34.6 Å². The summed E-state index contributed by atoms with van der Waals surface area (Å²) in [6.45, 7) is 0.733. The van der Waals surface area contributed by atoms with Gasteiger partial charge >= 0.3 is 0 Å². The highest BCUT2D eigenvalue weighted by atomic mass is 35.5. The van der Waals surface area contributed by atoms with Crippen LogP contribution in [0.25, 0.3) is 0 Å². The Kier molecular flexibility index (Phi) is 4.15. The molecular formula is C15H17ClFNO3. The Hall–Kier alpha value is -1.17. The monoisotopic (exact) mass is 313 g/mol. The molecule has 0 aromatic heterocycles. The number of amides is 1. The summed E-state index contributed by atoms with van der Waals surface area (Å²) < 4.78 is 25.3. The largest absolute Gasteiger partial charge is 0.349 e. The average molecular weight is 314 g/mol. The number of hydrogen-bond donors (Lipinski definition) is 1. The molecule has 6 heteroatoms. The summed E-state index contributed by atoms with van der Waals surface area (Å²) in [5, 5.41) is 2.76. The van der Waals surface area contributed by atoms with Crippen LogP contribution in [0.1, 0.15) is 36.0 Å². The Balaban J connectivity index is 1.57. The predicted octanol–water partition coefficient (Wildman–Crippen LogP) is 2.89. The second kappa shape index (κ2) is 5.91. The van der Waals surface area contributed by atoms with Gasteiger partial charge in [-0.05, 0) is 25.0 Å². The van der Waals surface area contributed by atoms with Crippen molar-refractivity contribution in [2.75, 3.05) is 13.2 Å². The number of carbonyl (C=O) groups is 1. The zero-order valence-corrected chi connectivity index (χ0v) is 12.3. The molecule has 1 saturated heterocycles. The van der Waals surface area contributed by atoms with Gasteiger partial charge in [-0.25, -0.2) is 4.39 Å². The molecule has 1 N–H and O–H groups in total. The van der Waals surface area contributed by atoms with E-state index in [1.165, 1.54) is 18.2 Å². The first-order valence-corrected chi connectivity index (χ1v) is 7.51. The molecule has 4 nitrogen and oxygen atoms in total. The number of hydrogen-bond acceptors (Lipinski definition) is 3. The molecule has 0 bridgehead atoms. The van der Waals surface area contributed by atoms with Crippen LogP contribution in [-0.4, -0.2) is 30.9 Å². The minimum absolute atomic E-state index is 0.100. The zero-order chi connectivity index (χ0) is 14.9. The number of benzene rings is 1. The summed E-state index contributed by atoms with van der Waals surface area (Å²) in [6.07, 6.45) is 3.80. The summed E-state index contributed by atoms with van der Waals surface area (Å²) in [6, 6.07) is 4.16. The molecular weight excluding hydrogens is 297 g/mol. The number of rotatable bonds is 3. The Bertz CT molecular complexity index is 525. The number of ether oxygens (including phenoxy) is 2. The van der Waals surface area contributed by atoms with Gasteiger partial charge in [-0.1, -0.05) is 17.7 Å². The van der Waals surface area contributed by atoms with Crippen molar-refractivity contribution < 1.29 is 18.7 Å². The minimum atomic E-state index is -0.629. The molecule has 1 aromatic rings. The van der Waals surface area contributed by atoms with Gasteiger partial charge < -0.3 is 14.8 Å². The maximum Gasteiger partial charge on any atom is 0.255 e. The van der Waals surface area contributed by atoms with E-state index in [2.05, 4.69) is 5.32 Å². The third-order valence-electron chi connectivity index (χ3n) is 3.96. The normalized spacial score (nSPS) is 23.6. The van der Waals surface area contributed by atoms with Gasteiger partial charge in [-0.3, -0.25) is 4.79 Å². The number of nitrogens with one attached hydrogen (secondary N) is 1. The fourth-order valence-electron chi connectivity index (χ4n) is 2.90. The van der Waals surface area contributed by atoms with Crippen molar-refractivity contribution in [1.29, 1.82) is 0 Å². The maximum atomic E-state index is 13.6. The molecule has 0 unspecified atom stereocenters. The molecule has 1 amide bonds. The molecule has 21 heavy (non-hydrogen) atoms. The lowest BCUT2D eigenvalue weighted by Gasteiger charge is -2.22. The van der Waals surface area contributed by atoms with Crippen molar-refractivity contribution in [2.24, 2.45) is 0 Å². The quantitative estimate of drug-likeness (QED) is 0.933. The van der Waals surface area contributed by atoms with E-state index >= 15 is 0 Å². The van der Waals surface area contributed by atoms with Gasteiger partial charge in [-0.2, -0.15) is 0 Å². The van der Waals surface area contributed by atoms with E-state index in [0.29, 0.717) is 6.61 Å². The van der Waals surface area contributed by atoms with Crippen LogP contribution < -0.4 is 5.32 Å². The van der Waals surface area contributed by atoms with E-state index < -0.39 is 17.5 Å². The first kappa shape index (κ1) is 14.8. The van der Waals surface area contributed by atoms with Gasteiger partial charge in [-0.15, -0.1) is 0 Å². The molecule has 3 rings (SSSR count). The first-order valence-electron chi connectivity index (χ1n) is 7.14. The average Bonchev–Trinajstić information content (AvgIpc) is 3.07. The minimum Gasteiger partial charge on any atom is -0.349 e. The van der Waals surface area contributed by atoms with Crippen LogP contribution in [0.15, 0.2) is 18.2 Å². The molecule has 2 fully saturated rings. The summed E-state index contributed by atoms with van der Waals surface area (Å²) in [5.41, 5.74) is -0.131. The van der Waals surface area contributed by atoms with Crippen molar-refractivity contribution in [1.82, 2.24) is 5.32 Å². The fourth-order valence-corrected chi connectivity index (χ4v) is 3.15. The Morgan fingerprint density at radius 3 is 2.90 bits per heavy atom. The van der Waals surface area contributed by atoms with Crippen LogP contribution in [0.5, 0.6) is 0 Å². The van der Waals surface area contributed by atoms with Crippen LogP contribution in [0.3, 0.4) is 0 Å². The van der Waals surface area contributed by atoms with E-state index in [1.54, 1.807) is 0 Å². The lowest BCUT2D eigenvalue weighted by Crippen LogP contribution is -2.35. The van der Waals surface area contributed by atoms with E-state index in [0.717, 1.165) is 25.7 Å². The van der Waals surface area contributed by atoms with Gasteiger partial charge in [0.15, 0.2) is 5.79 Å². The molecule has 1 atom stereocenters. The molecule has 1 aliphatic heterocycles. The molecule has 1 spiro atoms. The van der Waals surface area contributed by atoms with E-state index in [-0.39, 0.29) is 23.2 Å². The molecule has 114 valence electrons. The van der Waals surface area contributed by atoms with Crippen molar-refractivity contribution in [2.45, 2.75) is 37.6 Å². The van der Waals surface area contributed by atoms with Gasteiger partial charge in [0.1, 0.15) is 11.9 Å². The summed E-state index contributed by atoms with van der Waals surface area (Å²) in [7, 11) is 0. The van der Waals surface area contributed by atoms with E-state index in [9.17, 15) is 9.18 Å².